The normalized spacial score (nSPS) is 10.6. The molecule has 0 aliphatic heterocycles. The van der Waals surface area contributed by atoms with Crippen LogP contribution >= 0.6 is 22.9 Å². The van der Waals surface area contributed by atoms with Crippen LogP contribution in [0, 0.1) is 0 Å². The summed E-state index contributed by atoms with van der Waals surface area (Å²) in [5.41, 5.74) is 1.10. The molecule has 0 fully saturated rings. The van der Waals surface area contributed by atoms with Crippen LogP contribution in [0.25, 0.3) is 0 Å². The molecule has 0 radical (unpaired) electrons. The minimum atomic E-state index is 0.522. The van der Waals surface area contributed by atoms with Gasteiger partial charge in [-0.15, -0.1) is 11.3 Å². The van der Waals surface area contributed by atoms with Crippen molar-refractivity contribution < 1.29 is 4.74 Å². The Morgan fingerprint density at radius 2 is 2.08 bits per heavy atom. The summed E-state index contributed by atoms with van der Waals surface area (Å²) in [6, 6.07) is 11.3. The van der Waals surface area contributed by atoms with E-state index in [-0.39, 0.29) is 0 Å². The highest BCUT2D eigenvalue weighted by Gasteiger charge is 2.10. The molecule has 0 saturated carbocycles. The topological polar surface area (TPSA) is 47.0 Å². The van der Waals surface area contributed by atoms with Gasteiger partial charge in [-0.05, 0) is 25.0 Å². The Balaban J connectivity index is 1.78. The van der Waals surface area contributed by atoms with Crippen molar-refractivity contribution in [3.05, 3.63) is 58.7 Å². The Labute approximate surface area is 150 Å². The molecule has 124 valence electrons. The predicted molar refractivity (Wildman–Crippen MR) is 99.8 cm³/mol. The van der Waals surface area contributed by atoms with E-state index in [1.54, 1.807) is 23.6 Å². The van der Waals surface area contributed by atoms with Crippen molar-refractivity contribution in [1.82, 2.24) is 9.97 Å². The van der Waals surface area contributed by atoms with Crippen LogP contribution in [-0.4, -0.2) is 9.97 Å². The Bertz CT molecular complexity index is 792. The largest absolute Gasteiger partial charge is 0.453 e. The molecule has 1 aromatic carbocycles. The van der Waals surface area contributed by atoms with Gasteiger partial charge in [0, 0.05) is 17.6 Å². The highest BCUT2D eigenvalue weighted by molar-refractivity contribution is 7.13. The lowest BCUT2D eigenvalue weighted by Crippen LogP contribution is -1.97. The molecule has 6 heteroatoms. The van der Waals surface area contributed by atoms with Crippen LogP contribution in [0.5, 0.6) is 11.5 Å². The number of hydrogen-bond donors (Lipinski definition) is 1. The molecule has 0 spiro atoms. The SMILES string of the molecule is CCCCc1csc(Nc2ncc(Cl)cc2Oc2ccccc2)n1. The fourth-order valence-electron chi connectivity index (χ4n) is 2.15. The Kier molecular flexibility index (Phi) is 5.67. The quantitative estimate of drug-likeness (QED) is 0.556. The molecule has 0 aliphatic rings. The number of aryl methyl sites for hydroxylation is 1. The van der Waals surface area contributed by atoms with E-state index in [0.29, 0.717) is 16.6 Å². The number of nitrogens with zero attached hydrogens (tertiary/aromatic N) is 2. The Morgan fingerprint density at radius 3 is 2.88 bits per heavy atom. The second-order valence-corrected chi connectivity index (χ2v) is 6.58. The maximum atomic E-state index is 6.06. The van der Waals surface area contributed by atoms with Crippen molar-refractivity contribution in [3.8, 4) is 11.5 Å². The first-order valence-corrected chi connectivity index (χ1v) is 9.10. The number of unbranched alkanes of at least 4 members (excludes halogenated alkanes) is 1. The van der Waals surface area contributed by atoms with E-state index in [0.717, 1.165) is 35.8 Å². The van der Waals surface area contributed by atoms with Gasteiger partial charge in [-0.25, -0.2) is 9.97 Å². The summed E-state index contributed by atoms with van der Waals surface area (Å²) in [6.45, 7) is 2.18. The first-order chi connectivity index (χ1) is 11.7. The third-order valence-electron chi connectivity index (χ3n) is 3.35. The molecule has 0 unspecified atom stereocenters. The summed E-state index contributed by atoms with van der Waals surface area (Å²) >= 11 is 7.63. The number of ether oxygens (including phenoxy) is 1. The third kappa shape index (κ3) is 4.46. The molecule has 3 rings (SSSR count). The summed E-state index contributed by atoms with van der Waals surface area (Å²) in [5, 5.41) is 6.63. The lowest BCUT2D eigenvalue weighted by atomic mass is 10.2. The van der Waals surface area contributed by atoms with Gasteiger partial charge in [0.2, 0.25) is 0 Å². The van der Waals surface area contributed by atoms with Crippen LogP contribution in [0.1, 0.15) is 25.5 Å². The molecule has 0 aliphatic carbocycles. The molecule has 0 saturated heterocycles. The summed E-state index contributed by atoms with van der Waals surface area (Å²) in [7, 11) is 0. The minimum Gasteiger partial charge on any atom is -0.453 e. The summed E-state index contributed by atoms with van der Waals surface area (Å²) in [4.78, 5) is 8.93. The lowest BCUT2D eigenvalue weighted by molar-refractivity contribution is 0.483. The predicted octanol–water partition coefficient (Wildman–Crippen LogP) is 6.07. The average Bonchev–Trinajstić information content (AvgIpc) is 3.04. The second-order valence-electron chi connectivity index (χ2n) is 5.29. The van der Waals surface area contributed by atoms with E-state index >= 15 is 0 Å². The zero-order valence-corrected chi connectivity index (χ0v) is 14.9. The number of nitrogens with one attached hydrogen (secondary N) is 1. The first kappa shape index (κ1) is 16.7. The Hall–Kier alpha value is -2.11. The van der Waals surface area contributed by atoms with E-state index in [1.165, 1.54) is 0 Å². The van der Waals surface area contributed by atoms with E-state index < -0.39 is 0 Å². The fourth-order valence-corrected chi connectivity index (χ4v) is 3.04. The van der Waals surface area contributed by atoms with Gasteiger partial charge in [-0.1, -0.05) is 43.1 Å². The van der Waals surface area contributed by atoms with E-state index in [9.17, 15) is 0 Å². The van der Waals surface area contributed by atoms with Gasteiger partial charge in [0.1, 0.15) is 5.75 Å². The van der Waals surface area contributed by atoms with Gasteiger partial charge < -0.3 is 10.1 Å². The van der Waals surface area contributed by atoms with E-state index in [4.69, 9.17) is 16.3 Å². The van der Waals surface area contributed by atoms with Gasteiger partial charge in [0.15, 0.2) is 16.7 Å². The third-order valence-corrected chi connectivity index (χ3v) is 4.37. The lowest BCUT2D eigenvalue weighted by Gasteiger charge is -2.11. The smallest absolute Gasteiger partial charge is 0.188 e. The van der Waals surface area contributed by atoms with Crippen molar-refractivity contribution in [3.63, 3.8) is 0 Å². The molecule has 0 atom stereocenters. The Morgan fingerprint density at radius 1 is 1.25 bits per heavy atom. The monoisotopic (exact) mass is 359 g/mol. The van der Waals surface area contributed by atoms with Gasteiger partial charge in [0.05, 0.1) is 10.7 Å². The summed E-state index contributed by atoms with van der Waals surface area (Å²) in [6.07, 6.45) is 4.89. The van der Waals surface area contributed by atoms with Crippen molar-refractivity contribution in [2.24, 2.45) is 0 Å². The molecule has 1 N–H and O–H groups in total. The van der Waals surface area contributed by atoms with Gasteiger partial charge in [-0.3, -0.25) is 0 Å². The van der Waals surface area contributed by atoms with Crippen molar-refractivity contribution in [2.75, 3.05) is 5.32 Å². The number of halogens is 1. The number of pyridine rings is 1. The zero-order chi connectivity index (χ0) is 16.8. The van der Waals surface area contributed by atoms with E-state index in [2.05, 4.69) is 27.6 Å². The highest BCUT2D eigenvalue weighted by atomic mass is 35.5. The number of benzene rings is 1. The van der Waals surface area contributed by atoms with Crippen LogP contribution < -0.4 is 10.1 Å². The van der Waals surface area contributed by atoms with Crippen molar-refractivity contribution in [1.29, 1.82) is 0 Å². The number of anilines is 2. The van der Waals surface area contributed by atoms with Crippen LogP contribution in [0.3, 0.4) is 0 Å². The van der Waals surface area contributed by atoms with Crippen LogP contribution in [0.4, 0.5) is 10.9 Å². The number of thiazole rings is 1. The highest BCUT2D eigenvalue weighted by Crippen LogP contribution is 2.33. The standard InChI is InChI=1S/C18H18ClN3OS/c1-2-3-7-14-12-24-18(21-14)22-17-16(10-13(19)11-20-17)23-15-8-5-4-6-9-15/h4-6,8-12H,2-3,7H2,1H3,(H,20,21,22). The van der Waals surface area contributed by atoms with Gasteiger partial charge in [-0.2, -0.15) is 0 Å². The fraction of sp³-hybridized carbons (Fsp3) is 0.222. The van der Waals surface area contributed by atoms with Crippen molar-refractivity contribution >= 4 is 33.9 Å². The molecule has 0 amide bonds. The number of rotatable bonds is 7. The van der Waals surface area contributed by atoms with Crippen LogP contribution in [0.15, 0.2) is 48.0 Å². The summed E-state index contributed by atoms with van der Waals surface area (Å²) in [5.74, 6) is 1.89. The molecule has 4 nitrogen and oxygen atoms in total. The van der Waals surface area contributed by atoms with Crippen molar-refractivity contribution in [2.45, 2.75) is 26.2 Å². The number of aromatic nitrogens is 2. The van der Waals surface area contributed by atoms with E-state index in [1.807, 2.05) is 30.3 Å². The number of para-hydroxylation sites is 1. The molecule has 0 bridgehead atoms. The molecule has 24 heavy (non-hydrogen) atoms. The zero-order valence-electron chi connectivity index (χ0n) is 13.3. The van der Waals surface area contributed by atoms with Gasteiger partial charge >= 0.3 is 0 Å². The maximum absolute atomic E-state index is 6.06. The summed E-state index contributed by atoms with van der Waals surface area (Å²) < 4.78 is 5.90. The van der Waals surface area contributed by atoms with Crippen LogP contribution in [-0.2, 0) is 6.42 Å². The molecule has 2 heterocycles. The molecule has 3 aromatic rings. The second kappa shape index (κ2) is 8.13. The maximum Gasteiger partial charge on any atom is 0.188 e. The minimum absolute atomic E-state index is 0.522. The molecular weight excluding hydrogens is 342 g/mol. The molecule has 2 aromatic heterocycles. The number of hydrogen-bond acceptors (Lipinski definition) is 5. The first-order valence-electron chi connectivity index (χ1n) is 7.84. The van der Waals surface area contributed by atoms with Gasteiger partial charge in [0.25, 0.3) is 0 Å². The molecular formula is C18H18ClN3OS. The average molecular weight is 360 g/mol. The van der Waals surface area contributed by atoms with Crippen LogP contribution in [0.2, 0.25) is 5.02 Å².